The first-order valence-electron chi connectivity index (χ1n) is 7.10. The van der Waals surface area contributed by atoms with E-state index in [1.54, 1.807) is 0 Å². The van der Waals surface area contributed by atoms with Crippen LogP contribution in [0.3, 0.4) is 0 Å². The van der Waals surface area contributed by atoms with E-state index in [4.69, 9.17) is 0 Å². The molecule has 1 aliphatic carbocycles. The van der Waals surface area contributed by atoms with E-state index in [1.165, 1.54) is 58.2 Å². The van der Waals surface area contributed by atoms with Gasteiger partial charge in [0, 0.05) is 6.04 Å². The molecule has 1 saturated carbocycles. The van der Waals surface area contributed by atoms with Crippen molar-refractivity contribution in [3.63, 3.8) is 0 Å². The van der Waals surface area contributed by atoms with Gasteiger partial charge < -0.3 is 10.6 Å². The molecule has 1 unspecified atom stereocenters. The highest BCUT2D eigenvalue weighted by Crippen LogP contribution is 2.36. The van der Waals surface area contributed by atoms with Crippen LogP contribution in [0.15, 0.2) is 0 Å². The van der Waals surface area contributed by atoms with E-state index in [0.717, 1.165) is 12.0 Å². The molecule has 1 heterocycles. The summed E-state index contributed by atoms with van der Waals surface area (Å²) >= 11 is 0. The quantitative estimate of drug-likeness (QED) is 0.767. The van der Waals surface area contributed by atoms with Crippen LogP contribution in [-0.2, 0) is 0 Å². The highest BCUT2D eigenvalue weighted by molar-refractivity contribution is 4.86. The number of nitrogens with one attached hydrogen (secondary N) is 2. The minimum atomic E-state index is 0.590. The molecule has 2 nitrogen and oxygen atoms in total. The SMILES string of the molecule is CC1(C)CCC(NCCC2CCNCC2)C1. The van der Waals surface area contributed by atoms with Crippen LogP contribution in [0.4, 0.5) is 0 Å². The fourth-order valence-corrected chi connectivity index (χ4v) is 3.27. The number of hydrogen-bond acceptors (Lipinski definition) is 2. The van der Waals surface area contributed by atoms with E-state index < -0.39 is 0 Å². The molecule has 0 aromatic carbocycles. The Balaban J connectivity index is 1.58. The van der Waals surface area contributed by atoms with E-state index in [2.05, 4.69) is 24.5 Å². The molecule has 0 radical (unpaired) electrons. The third-order valence-corrected chi connectivity index (χ3v) is 4.41. The smallest absolute Gasteiger partial charge is 0.00723 e. The standard InChI is InChI=1S/C14H28N2/c1-14(2)7-3-13(11-14)16-10-6-12-4-8-15-9-5-12/h12-13,15-16H,3-11H2,1-2H3. The molecule has 0 bridgehead atoms. The second-order valence-corrected chi connectivity index (χ2v) is 6.54. The molecule has 2 fully saturated rings. The van der Waals surface area contributed by atoms with E-state index in [-0.39, 0.29) is 0 Å². The minimum Gasteiger partial charge on any atom is -0.317 e. The summed E-state index contributed by atoms with van der Waals surface area (Å²) in [6.07, 6.45) is 8.32. The molecule has 2 rings (SSSR count). The largest absolute Gasteiger partial charge is 0.317 e. The van der Waals surface area contributed by atoms with E-state index in [1.807, 2.05) is 0 Å². The highest BCUT2D eigenvalue weighted by atomic mass is 14.9. The Morgan fingerprint density at radius 1 is 1.19 bits per heavy atom. The van der Waals surface area contributed by atoms with Gasteiger partial charge in [0.15, 0.2) is 0 Å². The maximum atomic E-state index is 3.76. The Kier molecular flexibility index (Phi) is 4.26. The molecule has 1 atom stereocenters. The van der Waals surface area contributed by atoms with Crippen molar-refractivity contribution in [1.29, 1.82) is 0 Å². The van der Waals surface area contributed by atoms with Crippen molar-refractivity contribution in [1.82, 2.24) is 10.6 Å². The zero-order valence-electron chi connectivity index (χ0n) is 11.0. The van der Waals surface area contributed by atoms with E-state index in [0.29, 0.717) is 5.41 Å². The van der Waals surface area contributed by atoms with Crippen LogP contribution in [0, 0.1) is 11.3 Å². The number of hydrogen-bond donors (Lipinski definition) is 2. The van der Waals surface area contributed by atoms with Gasteiger partial charge in [-0.1, -0.05) is 13.8 Å². The second-order valence-electron chi connectivity index (χ2n) is 6.54. The number of rotatable bonds is 4. The van der Waals surface area contributed by atoms with Gasteiger partial charge in [0.05, 0.1) is 0 Å². The second kappa shape index (κ2) is 5.50. The van der Waals surface area contributed by atoms with Crippen molar-refractivity contribution in [2.24, 2.45) is 11.3 Å². The average molecular weight is 224 g/mol. The van der Waals surface area contributed by atoms with Crippen LogP contribution < -0.4 is 10.6 Å². The zero-order valence-corrected chi connectivity index (χ0v) is 11.0. The average Bonchev–Trinajstić information content (AvgIpc) is 2.60. The third-order valence-electron chi connectivity index (χ3n) is 4.41. The lowest BCUT2D eigenvalue weighted by Gasteiger charge is -2.23. The maximum Gasteiger partial charge on any atom is 0.00723 e. The number of piperidine rings is 1. The van der Waals surface area contributed by atoms with E-state index >= 15 is 0 Å². The van der Waals surface area contributed by atoms with Gasteiger partial charge in [0.25, 0.3) is 0 Å². The van der Waals surface area contributed by atoms with Crippen LogP contribution in [0.1, 0.15) is 52.4 Å². The molecule has 16 heavy (non-hydrogen) atoms. The third kappa shape index (κ3) is 3.74. The van der Waals surface area contributed by atoms with Gasteiger partial charge in [-0.2, -0.15) is 0 Å². The van der Waals surface area contributed by atoms with Gasteiger partial charge in [0.1, 0.15) is 0 Å². The molecule has 0 amide bonds. The van der Waals surface area contributed by atoms with Crippen molar-refractivity contribution in [2.45, 2.75) is 58.4 Å². The molecule has 2 aliphatic rings. The minimum absolute atomic E-state index is 0.590. The highest BCUT2D eigenvalue weighted by Gasteiger charge is 2.30. The van der Waals surface area contributed by atoms with Crippen LogP contribution in [0.2, 0.25) is 0 Å². The first-order valence-corrected chi connectivity index (χ1v) is 7.10. The summed E-state index contributed by atoms with van der Waals surface area (Å²) in [5.41, 5.74) is 0.590. The lowest BCUT2D eigenvalue weighted by atomic mass is 9.91. The molecule has 1 aliphatic heterocycles. The normalized spacial score (nSPS) is 30.8. The maximum absolute atomic E-state index is 3.76. The van der Waals surface area contributed by atoms with E-state index in [9.17, 15) is 0 Å². The van der Waals surface area contributed by atoms with Crippen LogP contribution in [0.5, 0.6) is 0 Å². The van der Waals surface area contributed by atoms with Crippen molar-refractivity contribution < 1.29 is 0 Å². The van der Waals surface area contributed by atoms with Gasteiger partial charge in [0.2, 0.25) is 0 Å². The molecular weight excluding hydrogens is 196 g/mol. The summed E-state index contributed by atoms with van der Waals surface area (Å²) in [5.74, 6) is 0.975. The van der Waals surface area contributed by atoms with Crippen LogP contribution in [-0.4, -0.2) is 25.7 Å². The Labute approximate surface area is 101 Å². The van der Waals surface area contributed by atoms with Gasteiger partial charge in [-0.3, -0.25) is 0 Å². The summed E-state index contributed by atoms with van der Waals surface area (Å²) < 4.78 is 0. The van der Waals surface area contributed by atoms with Gasteiger partial charge in [-0.05, 0) is 69.5 Å². The molecule has 0 spiro atoms. The summed E-state index contributed by atoms with van der Waals surface area (Å²) in [6.45, 7) is 8.52. The lowest BCUT2D eigenvalue weighted by molar-refractivity contribution is 0.331. The molecule has 2 N–H and O–H groups in total. The molecule has 2 heteroatoms. The van der Waals surface area contributed by atoms with Crippen LogP contribution in [0.25, 0.3) is 0 Å². The lowest BCUT2D eigenvalue weighted by Crippen LogP contribution is -2.32. The Morgan fingerprint density at radius 3 is 2.56 bits per heavy atom. The molecule has 94 valence electrons. The molecule has 0 aromatic rings. The van der Waals surface area contributed by atoms with Crippen molar-refractivity contribution in [2.75, 3.05) is 19.6 Å². The Bertz CT molecular complexity index is 207. The summed E-state index contributed by atoms with van der Waals surface area (Å²) in [4.78, 5) is 0. The molecular formula is C14H28N2. The van der Waals surface area contributed by atoms with Crippen LogP contribution >= 0.6 is 0 Å². The fraction of sp³-hybridized carbons (Fsp3) is 1.00. The molecule has 1 saturated heterocycles. The predicted octanol–water partition coefficient (Wildman–Crippen LogP) is 2.54. The summed E-state index contributed by atoms with van der Waals surface area (Å²) in [6, 6.07) is 0.803. The predicted molar refractivity (Wildman–Crippen MR) is 69.6 cm³/mol. The topological polar surface area (TPSA) is 24.1 Å². The summed E-state index contributed by atoms with van der Waals surface area (Å²) in [5, 5.41) is 7.20. The zero-order chi connectivity index (χ0) is 11.4. The first kappa shape index (κ1) is 12.4. The monoisotopic (exact) mass is 224 g/mol. The fourth-order valence-electron chi connectivity index (χ4n) is 3.27. The Hall–Kier alpha value is -0.0800. The first-order chi connectivity index (χ1) is 7.66. The summed E-state index contributed by atoms with van der Waals surface area (Å²) in [7, 11) is 0. The van der Waals surface area contributed by atoms with Crippen molar-refractivity contribution in [3.8, 4) is 0 Å². The van der Waals surface area contributed by atoms with Gasteiger partial charge >= 0.3 is 0 Å². The van der Waals surface area contributed by atoms with Crippen molar-refractivity contribution in [3.05, 3.63) is 0 Å². The molecule has 0 aromatic heterocycles. The van der Waals surface area contributed by atoms with Gasteiger partial charge in [-0.25, -0.2) is 0 Å². The Morgan fingerprint density at radius 2 is 1.94 bits per heavy atom. The van der Waals surface area contributed by atoms with Crippen molar-refractivity contribution >= 4 is 0 Å². The van der Waals surface area contributed by atoms with Gasteiger partial charge in [-0.15, -0.1) is 0 Å².